The highest BCUT2D eigenvalue weighted by Crippen LogP contribution is 2.24. The zero-order valence-corrected chi connectivity index (χ0v) is 13.5. The van der Waals surface area contributed by atoms with Crippen molar-refractivity contribution in [3.8, 4) is 0 Å². The van der Waals surface area contributed by atoms with Crippen molar-refractivity contribution in [3.63, 3.8) is 0 Å². The molecule has 5 heteroatoms. The Balaban J connectivity index is 1.43. The van der Waals surface area contributed by atoms with E-state index in [1.165, 1.54) is 0 Å². The lowest BCUT2D eigenvalue weighted by Crippen LogP contribution is -2.51. The zero-order valence-electron chi connectivity index (χ0n) is 13.5. The van der Waals surface area contributed by atoms with E-state index in [0.717, 1.165) is 35.4 Å². The molecule has 4 rings (SSSR count). The van der Waals surface area contributed by atoms with Crippen molar-refractivity contribution >= 4 is 28.2 Å². The highest BCUT2D eigenvalue weighted by atomic mass is 16.5. The Morgan fingerprint density at radius 3 is 2.71 bits per heavy atom. The first-order valence-corrected chi connectivity index (χ1v) is 7.99. The predicted molar refractivity (Wildman–Crippen MR) is 95.7 cm³/mol. The number of amides is 1. The third kappa shape index (κ3) is 2.74. The highest BCUT2D eigenvalue weighted by molar-refractivity contribution is 6.06. The molecule has 1 aliphatic heterocycles. The Kier molecular flexibility index (Phi) is 3.70. The molecule has 1 fully saturated rings. The standard InChI is InChI=1S/C19H19N3O2/c1-24-17-11-22(12-17)16-5-3-15(4-6-16)21-19(23)14-2-7-18-13(10-14)8-9-20-18/h2-10,17,20H,11-12H2,1H3,(H,21,23). The normalized spacial score (nSPS) is 14.6. The van der Waals surface area contributed by atoms with E-state index in [4.69, 9.17) is 4.74 Å². The van der Waals surface area contributed by atoms with E-state index in [9.17, 15) is 4.79 Å². The van der Waals surface area contributed by atoms with E-state index in [-0.39, 0.29) is 5.91 Å². The van der Waals surface area contributed by atoms with Crippen molar-refractivity contribution in [1.82, 2.24) is 4.98 Å². The number of hydrogen-bond donors (Lipinski definition) is 2. The van der Waals surface area contributed by atoms with Gasteiger partial charge in [0.25, 0.3) is 5.91 Å². The van der Waals surface area contributed by atoms with Crippen molar-refractivity contribution in [2.24, 2.45) is 0 Å². The maximum Gasteiger partial charge on any atom is 0.255 e. The van der Waals surface area contributed by atoms with E-state index < -0.39 is 0 Å². The molecule has 1 aromatic heterocycles. The van der Waals surface area contributed by atoms with Crippen LogP contribution in [-0.4, -0.2) is 37.2 Å². The topological polar surface area (TPSA) is 57.4 Å². The smallest absolute Gasteiger partial charge is 0.255 e. The maximum absolute atomic E-state index is 12.4. The molecule has 122 valence electrons. The molecule has 3 aromatic rings. The van der Waals surface area contributed by atoms with Crippen molar-refractivity contribution in [3.05, 3.63) is 60.3 Å². The second kappa shape index (κ2) is 6.02. The largest absolute Gasteiger partial charge is 0.378 e. The number of methoxy groups -OCH3 is 1. The van der Waals surface area contributed by atoms with Gasteiger partial charge in [-0.25, -0.2) is 0 Å². The van der Waals surface area contributed by atoms with Gasteiger partial charge in [-0.3, -0.25) is 4.79 Å². The molecule has 2 N–H and O–H groups in total. The molecule has 24 heavy (non-hydrogen) atoms. The summed E-state index contributed by atoms with van der Waals surface area (Å²) >= 11 is 0. The number of anilines is 2. The SMILES string of the molecule is COC1CN(c2ccc(NC(=O)c3ccc4[nH]ccc4c3)cc2)C1. The summed E-state index contributed by atoms with van der Waals surface area (Å²) in [7, 11) is 1.74. The van der Waals surface area contributed by atoms with Gasteiger partial charge in [0.2, 0.25) is 0 Å². The van der Waals surface area contributed by atoms with Crippen LogP contribution < -0.4 is 10.2 Å². The number of nitrogens with one attached hydrogen (secondary N) is 2. The molecule has 0 saturated carbocycles. The fourth-order valence-corrected chi connectivity index (χ4v) is 2.95. The number of benzene rings is 2. The van der Waals surface area contributed by atoms with Gasteiger partial charge in [-0.1, -0.05) is 0 Å². The average molecular weight is 321 g/mol. The van der Waals surface area contributed by atoms with Crippen LogP contribution in [-0.2, 0) is 4.74 Å². The first kappa shape index (κ1) is 14.8. The summed E-state index contributed by atoms with van der Waals surface area (Å²) in [6.07, 6.45) is 2.20. The number of nitrogens with zero attached hydrogens (tertiary/aromatic N) is 1. The molecular weight excluding hydrogens is 302 g/mol. The minimum Gasteiger partial charge on any atom is -0.378 e. The van der Waals surface area contributed by atoms with E-state index in [2.05, 4.69) is 15.2 Å². The van der Waals surface area contributed by atoms with Crippen molar-refractivity contribution in [2.45, 2.75) is 6.10 Å². The summed E-state index contributed by atoms with van der Waals surface area (Å²) in [4.78, 5) is 17.8. The maximum atomic E-state index is 12.4. The van der Waals surface area contributed by atoms with Crippen molar-refractivity contribution in [1.29, 1.82) is 0 Å². The van der Waals surface area contributed by atoms with E-state index in [0.29, 0.717) is 11.7 Å². The Morgan fingerprint density at radius 2 is 1.96 bits per heavy atom. The first-order chi connectivity index (χ1) is 11.7. The fraction of sp³-hybridized carbons (Fsp3) is 0.211. The van der Waals surface area contributed by atoms with Gasteiger partial charge in [-0.2, -0.15) is 0 Å². The molecule has 2 heterocycles. The summed E-state index contributed by atoms with van der Waals surface area (Å²) in [6, 6.07) is 15.5. The lowest BCUT2D eigenvalue weighted by molar-refractivity contribution is 0.0788. The number of aromatic amines is 1. The van der Waals surface area contributed by atoms with Crippen LogP contribution in [0.4, 0.5) is 11.4 Å². The molecule has 0 radical (unpaired) electrons. The molecular formula is C19H19N3O2. The van der Waals surface area contributed by atoms with E-state index in [1.54, 1.807) is 7.11 Å². The van der Waals surface area contributed by atoms with Crippen LogP contribution in [0, 0.1) is 0 Å². The summed E-state index contributed by atoms with van der Waals surface area (Å²) in [6.45, 7) is 1.83. The molecule has 0 atom stereocenters. The summed E-state index contributed by atoms with van der Waals surface area (Å²) in [5.74, 6) is -0.103. The minimum absolute atomic E-state index is 0.103. The second-order valence-corrected chi connectivity index (χ2v) is 6.04. The number of ether oxygens (including phenoxy) is 1. The molecule has 0 spiro atoms. The lowest BCUT2D eigenvalue weighted by Gasteiger charge is -2.40. The monoisotopic (exact) mass is 321 g/mol. The molecule has 0 unspecified atom stereocenters. The number of aromatic nitrogens is 1. The van der Waals surface area contributed by atoms with Gasteiger partial charge in [0.05, 0.1) is 6.10 Å². The molecule has 1 amide bonds. The van der Waals surface area contributed by atoms with Crippen LogP contribution >= 0.6 is 0 Å². The molecule has 0 aliphatic carbocycles. The number of carbonyl (C=O) groups is 1. The molecule has 5 nitrogen and oxygen atoms in total. The van der Waals surface area contributed by atoms with Crippen LogP contribution in [0.5, 0.6) is 0 Å². The number of carbonyl (C=O) groups excluding carboxylic acids is 1. The van der Waals surface area contributed by atoms with Crippen LogP contribution in [0.25, 0.3) is 10.9 Å². The van der Waals surface area contributed by atoms with Gasteiger partial charge >= 0.3 is 0 Å². The second-order valence-electron chi connectivity index (χ2n) is 6.04. The van der Waals surface area contributed by atoms with Gasteiger partial charge in [0.15, 0.2) is 0 Å². The number of hydrogen-bond acceptors (Lipinski definition) is 3. The van der Waals surface area contributed by atoms with E-state index in [1.807, 2.05) is 54.7 Å². The van der Waals surface area contributed by atoms with Crippen LogP contribution in [0.3, 0.4) is 0 Å². The van der Waals surface area contributed by atoms with Gasteiger partial charge in [0, 0.05) is 54.2 Å². The number of rotatable bonds is 4. The number of H-pyrrole nitrogens is 1. The van der Waals surface area contributed by atoms with Gasteiger partial charge < -0.3 is 19.9 Å². The molecule has 1 saturated heterocycles. The summed E-state index contributed by atoms with van der Waals surface area (Å²) in [5.41, 5.74) is 3.62. The van der Waals surface area contributed by atoms with Crippen LogP contribution in [0.1, 0.15) is 10.4 Å². The lowest BCUT2D eigenvalue weighted by atomic mass is 10.1. The summed E-state index contributed by atoms with van der Waals surface area (Å²) < 4.78 is 5.29. The molecule has 2 aromatic carbocycles. The predicted octanol–water partition coefficient (Wildman–Crippen LogP) is 3.26. The van der Waals surface area contributed by atoms with Crippen molar-refractivity contribution in [2.75, 3.05) is 30.4 Å². The van der Waals surface area contributed by atoms with E-state index >= 15 is 0 Å². The fourth-order valence-electron chi connectivity index (χ4n) is 2.95. The van der Waals surface area contributed by atoms with Crippen molar-refractivity contribution < 1.29 is 9.53 Å². The van der Waals surface area contributed by atoms with Gasteiger partial charge in [-0.15, -0.1) is 0 Å². The van der Waals surface area contributed by atoms with Gasteiger partial charge in [-0.05, 0) is 48.5 Å². The third-order valence-electron chi connectivity index (χ3n) is 4.49. The Bertz CT molecular complexity index is 864. The van der Waals surface area contributed by atoms with Gasteiger partial charge in [0.1, 0.15) is 0 Å². The average Bonchev–Trinajstić information content (AvgIpc) is 3.03. The molecule has 1 aliphatic rings. The Labute approximate surface area is 140 Å². The third-order valence-corrected chi connectivity index (χ3v) is 4.49. The molecule has 0 bridgehead atoms. The summed E-state index contributed by atoms with van der Waals surface area (Å²) in [5, 5.41) is 3.98. The first-order valence-electron chi connectivity index (χ1n) is 7.99. The quantitative estimate of drug-likeness (QED) is 0.775. The highest BCUT2D eigenvalue weighted by Gasteiger charge is 2.26. The zero-order chi connectivity index (χ0) is 16.5. The minimum atomic E-state index is -0.103. The van der Waals surface area contributed by atoms with Crippen LogP contribution in [0.2, 0.25) is 0 Å². The Morgan fingerprint density at radius 1 is 1.17 bits per heavy atom. The number of fused-ring (bicyclic) bond motifs is 1. The Hall–Kier alpha value is -2.79. The van der Waals surface area contributed by atoms with Crippen LogP contribution in [0.15, 0.2) is 54.7 Å².